The molecule has 0 fully saturated rings. The van der Waals surface area contributed by atoms with E-state index in [1.807, 2.05) is 68.5 Å². The Kier molecular flexibility index (Phi) is 5.84. The van der Waals surface area contributed by atoms with Crippen molar-refractivity contribution in [3.8, 4) is 5.75 Å². The van der Waals surface area contributed by atoms with Crippen molar-refractivity contribution < 1.29 is 9.53 Å². The number of carbonyl (C=O) groups is 1. The van der Waals surface area contributed by atoms with Gasteiger partial charge in [0.05, 0.1) is 12.5 Å². The van der Waals surface area contributed by atoms with Gasteiger partial charge in [0.15, 0.2) is 0 Å². The van der Waals surface area contributed by atoms with E-state index in [1.165, 1.54) is 0 Å². The molecule has 3 aromatic carbocycles. The third kappa shape index (κ3) is 4.09. The van der Waals surface area contributed by atoms with Crippen LogP contribution in [-0.2, 0) is 11.3 Å². The standard InChI is InChI=1S/C25H27NO2/c1-5-23(21-12-11-20-16-22(28-4)14-13-19(20)15-21)25(2,3)24(27)26-17-18-9-7-6-8-10-18/h5-16,23H,1,17H2,2-4H3,(H,26,27)/t23-/m0/s1. The van der Waals surface area contributed by atoms with E-state index in [4.69, 9.17) is 4.74 Å². The van der Waals surface area contributed by atoms with Crippen LogP contribution in [0, 0.1) is 5.41 Å². The fraction of sp³-hybridized carbons (Fsp3) is 0.240. The molecule has 0 saturated carbocycles. The quantitative estimate of drug-likeness (QED) is 0.559. The molecule has 28 heavy (non-hydrogen) atoms. The molecule has 1 amide bonds. The monoisotopic (exact) mass is 373 g/mol. The number of fused-ring (bicyclic) bond motifs is 1. The van der Waals surface area contributed by atoms with Crippen molar-refractivity contribution in [1.82, 2.24) is 5.32 Å². The maximum absolute atomic E-state index is 13.0. The van der Waals surface area contributed by atoms with Gasteiger partial charge in [-0.05, 0) is 34.0 Å². The normalized spacial score (nSPS) is 12.4. The second-order valence-corrected chi connectivity index (χ2v) is 7.58. The number of hydrogen-bond acceptors (Lipinski definition) is 2. The summed E-state index contributed by atoms with van der Waals surface area (Å²) in [6.07, 6.45) is 1.87. The highest BCUT2D eigenvalue weighted by molar-refractivity contribution is 5.86. The molecule has 144 valence electrons. The van der Waals surface area contributed by atoms with Crippen LogP contribution in [0.3, 0.4) is 0 Å². The molecule has 1 atom stereocenters. The minimum atomic E-state index is -0.628. The first-order chi connectivity index (χ1) is 13.5. The predicted molar refractivity (Wildman–Crippen MR) is 116 cm³/mol. The Morgan fingerprint density at radius 1 is 1.07 bits per heavy atom. The summed E-state index contributed by atoms with van der Waals surface area (Å²) in [6, 6.07) is 22.2. The van der Waals surface area contributed by atoms with Gasteiger partial charge in [0.1, 0.15) is 5.75 Å². The smallest absolute Gasteiger partial charge is 0.226 e. The van der Waals surface area contributed by atoms with Crippen LogP contribution in [0.4, 0.5) is 0 Å². The van der Waals surface area contributed by atoms with Crippen molar-refractivity contribution in [2.45, 2.75) is 26.3 Å². The topological polar surface area (TPSA) is 38.3 Å². The lowest BCUT2D eigenvalue weighted by Gasteiger charge is -2.31. The molecule has 0 heterocycles. The summed E-state index contributed by atoms with van der Waals surface area (Å²) >= 11 is 0. The number of allylic oxidation sites excluding steroid dienone is 1. The average Bonchev–Trinajstić information content (AvgIpc) is 2.72. The van der Waals surface area contributed by atoms with Crippen molar-refractivity contribution in [3.63, 3.8) is 0 Å². The van der Waals surface area contributed by atoms with Gasteiger partial charge in [0.2, 0.25) is 5.91 Å². The van der Waals surface area contributed by atoms with Crippen LogP contribution in [0.25, 0.3) is 10.8 Å². The van der Waals surface area contributed by atoms with Gasteiger partial charge in [0.25, 0.3) is 0 Å². The molecule has 3 aromatic rings. The Bertz CT molecular complexity index is 976. The highest BCUT2D eigenvalue weighted by atomic mass is 16.5. The minimum Gasteiger partial charge on any atom is -0.497 e. The number of ether oxygens (including phenoxy) is 1. The van der Waals surface area contributed by atoms with Crippen LogP contribution >= 0.6 is 0 Å². The molecular formula is C25H27NO2. The van der Waals surface area contributed by atoms with Gasteiger partial charge in [-0.1, -0.05) is 74.5 Å². The number of carbonyl (C=O) groups excluding carboxylic acids is 1. The molecular weight excluding hydrogens is 346 g/mol. The number of methoxy groups -OCH3 is 1. The summed E-state index contributed by atoms with van der Waals surface area (Å²) in [5, 5.41) is 5.30. The van der Waals surface area contributed by atoms with Crippen molar-refractivity contribution in [1.29, 1.82) is 0 Å². The Labute approximate surface area is 167 Å². The van der Waals surface area contributed by atoms with E-state index in [9.17, 15) is 4.79 Å². The molecule has 0 aliphatic rings. The van der Waals surface area contributed by atoms with E-state index in [0.717, 1.165) is 27.6 Å². The van der Waals surface area contributed by atoms with Crippen molar-refractivity contribution in [2.75, 3.05) is 7.11 Å². The molecule has 0 aliphatic heterocycles. The average molecular weight is 373 g/mol. The van der Waals surface area contributed by atoms with E-state index < -0.39 is 5.41 Å². The Balaban J connectivity index is 1.83. The van der Waals surface area contributed by atoms with E-state index in [1.54, 1.807) is 7.11 Å². The van der Waals surface area contributed by atoms with Gasteiger partial charge in [-0.3, -0.25) is 4.79 Å². The lowest BCUT2D eigenvalue weighted by atomic mass is 9.74. The third-order valence-corrected chi connectivity index (χ3v) is 5.32. The van der Waals surface area contributed by atoms with Crippen LogP contribution in [0.5, 0.6) is 5.75 Å². The van der Waals surface area contributed by atoms with Gasteiger partial charge >= 0.3 is 0 Å². The number of benzene rings is 3. The molecule has 1 N–H and O–H groups in total. The molecule has 0 bridgehead atoms. The number of amides is 1. The fourth-order valence-electron chi connectivity index (χ4n) is 3.56. The molecule has 0 saturated heterocycles. The fourth-order valence-corrected chi connectivity index (χ4v) is 3.56. The van der Waals surface area contributed by atoms with E-state index in [2.05, 4.69) is 30.1 Å². The Morgan fingerprint density at radius 3 is 2.43 bits per heavy atom. The second kappa shape index (κ2) is 8.30. The van der Waals surface area contributed by atoms with Gasteiger partial charge in [-0.15, -0.1) is 6.58 Å². The second-order valence-electron chi connectivity index (χ2n) is 7.58. The molecule has 3 rings (SSSR count). The molecule has 3 heteroatoms. The minimum absolute atomic E-state index is 0.0103. The van der Waals surface area contributed by atoms with E-state index in [0.29, 0.717) is 6.54 Å². The summed E-state index contributed by atoms with van der Waals surface area (Å²) < 4.78 is 5.30. The Hall–Kier alpha value is -3.07. The number of hydrogen-bond donors (Lipinski definition) is 1. The van der Waals surface area contributed by atoms with Gasteiger partial charge < -0.3 is 10.1 Å². The van der Waals surface area contributed by atoms with Crippen LogP contribution in [0.2, 0.25) is 0 Å². The lowest BCUT2D eigenvalue weighted by molar-refractivity contribution is -0.130. The van der Waals surface area contributed by atoms with E-state index in [-0.39, 0.29) is 11.8 Å². The summed E-state index contributed by atoms with van der Waals surface area (Å²) in [5.41, 5.74) is 1.53. The molecule has 0 spiro atoms. The van der Waals surface area contributed by atoms with Crippen molar-refractivity contribution in [3.05, 3.63) is 90.5 Å². The van der Waals surface area contributed by atoms with Crippen LogP contribution in [-0.4, -0.2) is 13.0 Å². The number of rotatable bonds is 7. The zero-order chi connectivity index (χ0) is 20.1. The maximum atomic E-state index is 13.0. The molecule has 0 radical (unpaired) electrons. The van der Waals surface area contributed by atoms with E-state index >= 15 is 0 Å². The van der Waals surface area contributed by atoms with Gasteiger partial charge in [0, 0.05) is 12.5 Å². The zero-order valence-corrected chi connectivity index (χ0v) is 16.7. The summed E-state index contributed by atoms with van der Waals surface area (Å²) in [4.78, 5) is 13.0. The predicted octanol–water partition coefficient (Wildman–Crippen LogP) is 5.46. The lowest BCUT2D eigenvalue weighted by Crippen LogP contribution is -2.40. The molecule has 3 nitrogen and oxygen atoms in total. The molecule has 0 aliphatic carbocycles. The first kappa shape index (κ1) is 19.7. The Morgan fingerprint density at radius 2 is 1.75 bits per heavy atom. The molecule has 0 aromatic heterocycles. The first-order valence-corrected chi connectivity index (χ1v) is 9.48. The van der Waals surface area contributed by atoms with Crippen LogP contribution < -0.4 is 10.1 Å². The maximum Gasteiger partial charge on any atom is 0.226 e. The van der Waals surface area contributed by atoms with Crippen molar-refractivity contribution >= 4 is 16.7 Å². The third-order valence-electron chi connectivity index (χ3n) is 5.32. The van der Waals surface area contributed by atoms with Crippen LogP contribution in [0.1, 0.15) is 30.9 Å². The highest BCUT2D eigenvalue weighted by Gasteiger charge is 2.36. The van der Waals surface area contributed by atoms with Gasteiger partial charge in [-0.25, -0.2) is 0 Å². The number of nitrogens with one attached hydrogen (secondary N) is 1. The van der Waals surface area contributed by atoms with Crippen LogP contribution in [0.15, 0.2) is 79.4 Å². The zero-order valence-electron chi connectivity index (χ0n) is 16.7. The molecule has 0 unspecified atom stereocenters. The summed E-state index contributed by atoms with van der Waals surface area (Å²) in [6.45, 7) is 8.47. The van der Waals surface area contributed by atoms with Gasteiger partial charge in [-0.2, -0.15) is 0 Å². The van der Waals surface area contributed by atoms with Crippen molar-refractivity contribution in [2.24, 2.45) is 5.41 Å². The highest BCUT2D eigenvalue weighted by Crippen LogP contribution is 2.38. The largest absolute Gasteiger partial charge is 0.497 e. The summed E-state index contributed by atoms with van der Waals surface area (Å²) in [7, 11) is 1.67. The SMILES string of the molecule is C=C[C@@H](c1ccc2cc(OC)ccc2c1)C(C)(C)C(=O)NCc1ccccc1. The first-order valence-electron chi connectivity index (χ1n) is 9.48. The summed E-state index contributed by atoms with van der Waals surface area (Å²) in [5.74, 6) is 0.743.